The molecular weight excluding hydrogens is 246 g/mol. The summed E-state index contributed by atoms with van der Waals surface area (Å²) < 4.78 is 5.71. The number of nitrogens with zero attached hydrogens (tertiary/aromatic N) is 1. The fourth-order valence-corrected chi connectivity index (χ4v) is 1.71. The Kier molecular flexibility index (Phi) is 5.58. The fraction of sp³-hybridized carbons (Fsp3) is 0.385. The summed E-state index contributed by atoms with van der Waals surface area (Å²) in [5.74, 6) is 0.955. The van der Waals surface area contributed by atoms with Crippen LogP contribution >= 0.6 is 12.2 Å². The number of benzene rings is 1. The van der Waals surface area contributed by atoms with E-state index in [1.165, 1.54) is 0 Å². The Morgan fingerprint density at radius 2 is 2.06 bits per heavy atom. The van der Waals surface area contributed by atoms with Gasteiger partial charge in [0.05, 0.1) is 12.8 Å². The third-order valence-electron chi connectivity index (χ3n) is 2.32. The summed E-state index contributed by atoms with van der Waals surface area (Å²) in [5.41, 5.74) is 11.0. The number of nitrogens with two attached hydrogens (primary N) is 1. The first-order chi connectivity index (χ1) is 8.54. The smallest absolute Gasteiger partial charge is 0.184 e. The van der Waals surface area contributed by atoms with Crippen LogP contribution in [0.3, 0.4) is 0 Å². The summed E-state index contributed by atoms with van der Waals surface area (Å²) in [5, 5.41) is 4.09. The Labute approximate surface area is 113 Å². The number of rotatable bonds is 5. The summed E-state index contributed by atoms with van der Waals surface area (Å²) in [6.07, 6.45) is 2.68. The second kappa shape index (κ2) is 6.96. The molecule has 0 saturated carbocycles. The van der Waals surface area contributed by atoms with Crippen molar-refractivity contribution >= 4 is 23.5 Å². The number of hydrogen-bond acceptors (Lipinski definition) is 3. The van der Waals surface area contributed by atoms with E-state index in [4.69, 9.17) is 10.5 Å². The molecule has 1 rings (SSSR count). The van der Waals surface area contributed by atoms with Gasteiger partial charge in [0.1, 0.15) is 5.75 Å². The van der Waals surface area contributed by atoms with Gasteiger partial charge in [0.15, 0.2) is 5.11 Å². The molecule has 5 heteroatoms. The Morgan fingerprint density at radius 1 is 1.44 bits per heavy atom. The minimum Gasteiger partial charge on any atom is -0.493 e. The van der Waals surface area contributed by atoms with Gasteiger partial charge >= 0.3 is 0 Å². The zero-order valence-electron chi connectivity index (χ0n) is 11.0. The van der Waals surface area contributed by atoms with Gasteiger partial charge in [0, 0.05) is 0 Å². The van der Waals surface area contributed by atoms with Crippen molar-refractivity contribution in [3.8, 4) is 5.75 Å². The zero-order chi connectivity index (χ0) is 13.5. The molecule has 98 valence electrons. The molecule has 18 heavy (non-hydrogen) atoms. The summed E-state index contributed by atoms with van der Waals surface area (Å²) in [4.78, 5) is 0. The van der Waals surface area contributed by atoms with Crippen LogP contribution in [0.25, 0.3) is 0 Å². The van der Waals surface area contributed by atoms with Crippen molar-refractivity contribution in [3.63, 3.8) is 0 Å². The van der Waals surface area contributed by atoms with Crippen LogP contribution in [0.1, 0.15) is 30.0 Å². The Hall–Kier alpha value is -1.62. The highest BCUT2D eigenvalue weighted by atomic mass is 32.1. The van der Waals surface area contributed by atoms with Gasteiger partial charge in [0.25, 0.3) is 0 Å². The molecule has 0 aliphatic rings. The molecular formula is C13H19N3OS. The average molecular weight is 265 g/mol. The van der Waals surface area contributed by atoms with Crippen molar-refractivity contribution in [1.29, 1.82) is 0 Å². The van der Waals surface area contributed by atoms with Crippen LogP contribution in [-0.4, -0.2) is 17.9 Å². The highest BCUT2D eigenvalue weighted by Crippen LogP contribution is 2.24. The zero-order valence-corrected chi connectivity index (χ0v) is 11.8. The van der Waals surface area contributed by atoms with Gasteiger partial charge in [-0.1, -0.05) is 6.92 Å². The lowest BCUT2D eigenvalue weighted by atomic mass is 10.1. The van der Waals surface area contributed by atoms with E-state index in [0.717, 1.165) is 35.5 Å². The lowest BCUT2D eigenvalue weighted by Crippen LogP contribution is -2.24. The highest BCUT2D eigenvalue weighted by molar-refractivity contribution is 7.80. The molecule has 1 aromatic carbocycles. The molecule has 0 radical (unpaired) electrons. The summed E-state index contributed by atoms with van der Waals surface area (Å²) in [7, 11) is 0. The molecule has 3 N–H and O–H groups in total. The molecule has 4 nitrogen and oxygen atoms in total. The lowest BCUT2D eigenvalue weighted by Gasteiger charge is -2.12. The van der Waals surface area contributed by atoms with E-state index in [1.54, 1.807) is 6.21 Å². The molecule has 0 atom stereocenters. The van der Waals surface area contributed by atoms with Crippen LogP contribution in [-0.2, 0) is 0 Å². The van der Waals surface area contributed by atoms with Gasteiger partial charge in [0.2, 0.25) is 0 Å². The molecule has 0 bridgehead atoms. The summed E-state index contributed by atoms with van der Waals surface area (Å²) >= 11 is 4.66. The second-order valence-electron chi connectivity index (χ2n) is 4.07. The largest absolute Gasteiger partial charge is 0.493 e. The van der Waals surface area contributed by atoms with E-state index < -0.39 is 0 Å². The third-order valence-corrected chi connectivity index (χ3v) is 2.41. The Balaban J connectivity index is 2.85. The molecule has 0 unspecified atom stereocenters. The number of hydrazone groups is 1. The van der Waals surface area contributed by atoms with Gasteiger partial charge in [-0.15, -0.1) is 0 Å². The number of thiocarbonyl (C=S) groups is 1. The predicted octanol–water partition coefficient (Wildman–Crippen LogP) is 2.26. The summed E-state index contributed by atoms with van der Waals surface area (Å²) in [6, 6.07) is 4.03. The van der Waals surface area contributed by atoms with E-state index in [1.807, 2.05) is 26.0 Å². The third kappa shape index (κ3) is 4.33. The molecule has 0 amide bonds. The van der Waals surface area contributed by atoms with E-state index in [9.17, 15) is 0 Å². The minimum atomic E-state index is 0.155. The number of ether oxygens (including phenoxy) is 1. The van der Waals surface area contributed by atoms with Crippen molar-refractivity contribution in [1.82, 2.24) is 5.43 Å². The average Bonchev–Trinajstić information content (AvgIpc) is 2.27. The van der Waals surface area contributed by atoms with Gasteiger partial charge in [-0.25, -0.2) is 0 Å². The van der Waals surface area contributed by atoms with Crippen LogP contribution in [0.15, 0.2) is 17.2 Å². The first-order valence-corrected chi connectivity index (χ1v) is 6.28. The van der Waals surface area contributed by atoms with Crippen LogP contribution in [0.4, 0.5) is 0 Å². The van der Waals surface area contributed by atoms with Crippen LogP contribution in [0.5, 0.6) is 5.75 Å². The maximum Gasteiger partial charge on any atom is 0.184 e. The minimum absolute atomic E-state index is 0.155. The predicted molar refractivity (Wildman–Crippen MR) is 79.2 cm³/mol. The van der Waals surface area contributed by atoms with E-state index in [2.05, 4.69) is 29.7 Å². The first kappa shape index (κ1) is 14.4. The number of nitrogens with one attached hydrogen (secondary N) is 1. The maximum absolute atomic E-state index is 5.71. The SMILES string of the molecule is CCCOc1c(C)cc(C=NNC(N)=S)cc1C. The van der Waals surface area contributed by atoms with Gasteiger partial charge < -0.3 is 10.5 Å². The molecule has 0 fully saturated rings. The quantitative estimate of drug-likeness (QED) is 0.487. The fourth-order valence-electron chi connectivity index (χ4n) is 1.66. The Morgan fingerprint density at radius 3 is 2.56 bits per heavy atom. The van der Waals surface area contributed by atoms with Crippen LogP contribution in [0, 0.1) is 13.8 Å². The van der Waals surface area contributed by atoms with E-state index in [0.29, 0.717) is 0 Å². The second-order valence-corrected chi connectivity index (χ2v) is 4.51. The normalized spacial score (nSPS) is 10.6. The standard InChI is InChI=1S/C13H19N3OS/c1-4-5-17-12-9(2)6-11(7-10(12)3)8-15-16-13(14)18/h6-8H,4-5H2,1-3H3,(H3,14,16,18). The molecule has 1 aromatic rings. The number of aryl methyl sites for hydroxylation is 2. The monoisotopic (exact) mass is 265 g/mol. The molecule has 0 aromatic heterocycles. The first-order valence-electron chi connectivity index (χ1n) is 5.87. The molecule has 0 aliphatic carbocycles. The van der Waals surface area contributed by atoms with Crippen molar-refractivity contribution < 1.29 is 4.74 Å². The molecule has 0 spiro atoms. The number of hydrogen-bond donors (Lipinski definition) is 2. The Bertz CT molecular complexity index is 435. The van der Waals surface area contributed by atoms with Crippen LogP contribution in [0.2, 0.25) is 0 Å². The van der Waals surface area contributed by atoms with Gasteiger partial charge in [-0.2, -0.15) is 5.10 Å². The van der Waals surface area contributed by atoms with Crippen molar-refractivity contribution in [2.75, 3.05) is 6.61 Å². The molecule has 0 saturated heterocycles. The lowest BCUT2D eigenvalue weighted by molar-refractivity contribution is 0.313. The van der Waals surface area contributed by atoms with E-state index >= 15 is 0 Å². The van der Waals surface area contributed by atoms with Crippen molar-refractivity contribution in [2.24, 2.45) is 10.8 Å². The molecule has 0 aliphatic heterocycles. The van der Waals surface area contributed by atoms with Crippen molar-refractivity contribution in [2.45, 2.75) is 27.2 Å². The molecule has 0 heterocycles. The topological polar surface area (TPSA) is 59.6 Å². The van der Waals surface area contributed by atoms with Gasteiger partial charge in [-0.05, 0) is 61.3 Å². The summed E-state index contributed by atoms with van der Waals surface area (Å²) in [6.45, 7) is 6.87. The van der Waals surface area contributed by atoms with Gasteiger partial charge in [-0.3, -0.25) is 5.43 Å². The highest BCUT2D eigenvalue weighted by Gasteiger charge is 2.05. The van der Waals surface area contributed by atoms with Crippen LogP contribution < -0.4 is 15.9 Å². The van der Waals surface area contributed by atoms with E-state index in [-0.39, 0.29) is 5.11 Å². The van der Waals surface area contributed by atoms with Crippen molar-refractivity contribution in [3.05, 3.63) is 28.8 Å². The maximum atomic E-state index is 5.71.